The zero-order valence-electron chi connectivity index (χ0n) is 11.1. The molecule has 2 heterocycles. The van der Waals surface area contributed by atoms with Gasteiger partial charge in [-0.25, -0.2) is 9.59 Å². The summed E-state index contributed by atoms with van der Waals surface area (Å²) < 4.78 is 5.44. The van der Waals surface area contributed by atoms with E-state index in [4.69, 9.17) is 9.52 Å². The van der Waals surface area contributed by atoms with Crippen molar-refractivity contribution in [2.45, 2.75) is 12.5 Å². The molecule has 3 rings (SSSR count). The van der Waals surface area contributed by atoms with Gasteiger partial charge in [0.1, 0.15) is 6.04 Å². The van der Waals surface area contributed by atoms with Gasteiger partial charge in [0.25, 0.3) is 0 Å². The van der Waals surface area contributed by atoms with Crippen LogP contribution in [-0.2, 0) is 4.79 Å². The molecule has 1 atom stereocenters. The van der Waals surface area contributed by atoms with Gasteiger partial charge in [-0.1, -0.05) is 0 Å². The molecule has 1 aromatic heterocycles. The third kappa shape index (κ3) is 2.64. The molecule has 1 fully saturated rings. The first-order valence-corrected chi connectivity index (χ1v) is 6.30. The summed E-state index contributed by atoms with van der Waals surface area (Å²) in [6.45, 7) is 0. The minimum absolute atomic E-state index is 0.00528. The molecule has 112 valence electrons. The molecule has 2 aromatic rings. The van der Waals surface area contributed by atoms with E-state index < -0.39 is 23.9 Å². The lowest BCUT2D eigenvalue weighted by Crippen LogP contribution is -2.48. The standard InChI is InChI=1S/C13H10N4O5/c18-9-5-8(14-13(21)15-9)11-17-16-10(22-11)6-1-3-7(4-2-6)12(19)20/h1-4,8H,5H2,(H,19,20)(H2,14,15,18,21). The minimum atomic E-state index is -1.03. The molecule has 1 aliphatic heterocycles. The van der Waals surface area contributed by atoms with Gasteiger partial charge in [0.15, 0.2) is 0 Å². The summed E-state index contributed by atoms with van der Waals surface area (Å²) in [7, 11) is 0. The second kappa shape index (κ2) is 5.28. The molecule has 9 nitrogen and oxygen atoms in total. The highest BCUT2D eigenvalue weighted by atomic mass is 16.4. The predicted octanol–water partition coefficient (Wildman–Crippen LogP) is 0.705. The van der Waals surface area contributed by atoms with Gasteiger partial charge in [0.05, 0.1) is 12.0 Å². The van der Waals surface area contributed by atoms with Crippen LogP contribution >= 0.6 is 0 Å². The van der Waals surface area contributed by atoms with Crippen molar-refractivity contribution >= 4 is 17.9 Å². The first-order chi connectivity index (χ1) is 10.5. The van der Waals surface area contributed by atoms with E-state index in [2.05, 4.69) is 20.8 Å². The van der Waals surface area contributed by atoms with Crippen LogP contribution in [0.5, 0.6) is 0 Å². The lowest BCUT2D eigenvalue weighted by atomic mass is 10.1. The number of carbonyl (C=O) groups excluding carboxylic acids is 2. The number of aromatic nitrogens is 2. The summed E-state index contributed by atoms with van der Waals surface area (Å²) >= 11 is 0. The van der Waals surface area contributed by atoms with E-state index in [-0.39, 0.29) is 23.8 Å². The molecule has 1 aliphatic rings. The molecule has 0 radical (unpaired) electrons. The highest BCUT2D eigenvalue weighted by Gasteiger charge is 2.29. The smallest absolute Gasteiger partial charge is 0.335 e. The number of carboxylic acid groups (broad SMARTS) is 1. The number of carbonyl (C=O) groups is 3. The zero-order valence-corrected chi connectivity index (χ0v) is 11.1. The molecule has 1 aromatic carbocycles. The maximum Gasteiger partial charge on any atom is 0.335 e. The van der Waals surface area contributed by atoms with Crippen molar-refractivity contribution in [1.29, 1.82) is 0 Å². The average Bonchev–Trinajstić information content (AvgIpc) is 2.96. The van der Waals surface area contributed by atoms with E-state index in [0.717, 1.165) is 0 Å². The zero-order chi connectivity index (χ0) is 15.7. The van der Waals surface area contributed by atoms with Crippen LogP contribution < -0.4 is 10.6 Å². The fourth-order valence-electron chi connectivity index (χ4n) is 2.00. The Morgan fingerprint density at radius 1 is 1.23 bits per heavy atom. The molecule has 0 spiro atoms. The number of imide groups is 1. The number of amides is 3. The molecule has 0 saturated carbocycles. The first kappa shape index (κ1) is 13.7. The van der Waals surface area contributed by atoms with Crippen LogP contribution in [0.4, 0.5) is 4.79 Å². The molecule has 0 bridgehead atoms. The molecule has 9 heteroatoms. The Morgan fingerprint density at radius 3 is 2.59 bits per heavy atom. The molecular weight excluding hydrogens is 292 g/mol. The van der Waals surface area contributed by atoms with Gasteiger partial charge in [0.2, 0.25) is 17.7 Å². The van der Waals surface area contributed by atoms with Crippen molar-refractivity contribution in [1.82, 2.24) is 20.8 Å². The quantitative estimate of drug-likeness (QED) is 0.759. The summed E-state index contributed by atoms with van der Waals surface area (Å²) in [5.41, 5.74) is 0.676. The fourth-order valence-corrected chi connectivity index (χ4v) is 2.00. The Morgan fingerprint density at radius 2 is 1.95 bits per heavy atom. The van der Waals surface area contributed by atoms with Crippen molar-refractivity contribution < 1.29 is 23.9 Å². The van der Waals surface area contributed by atoms with Gasteiger partial charge < -0.3 is 14.8 Å². The van der Waals surface area contributed by atoms with Gasteiger partial charge in [0, 0.05) is 5.56 Å². The molecular formula is C13H10N4O5. The Bertz CT molecular complexity index is 736. The third-order valence-corrected chi connectivity index (χ3v) is 3.07. The van der Waals surface area contributed by atoms with Crippen LogP contribution in [0.1, 0.15) is 28.7 Å². The molecule has 1 saturated heterocycles. The van der Waals surface area contributed by atoms with Crippen molar-refractivity contribution in [2.24, 2.45) is 0 Å². The number of aromatic carboxylic acids is 1. The number of hydrogen-bond acceptors (Lipinski definition) is 6. The number of rotatable bonds is 3. The highest BCUT2D eigenvalue weighted by molar-refractivity contribution is 5.97. The normalized spacial score (nSPS) is 17.7. The second-order valence-electron chi connectivity index (χ2n) is 4.61. The fraction of sp³-hybridized carbons (Fsp3) is 0.154. The number of urea groups is 1. The van der Waals surface area contributed by atoms with E-state index in [9.17, 15) is 14.4 Å². The number of benzene rings is 1. The Labute approximate surface area is 123 Å². The third-order valence-electron chi connectivity index (χ3n) is 3.07. The number of carboxylic acids is 1. The van der Waals surface area contributed by atoms with E-state index in [1.54, 1.807) is 0 Å². The Hall–Kier alpha value is -3.23. The minimum Gasteiger partial charge on any atom is -0.478 e. The van der Waals surface area contributed by atoms with Crippen LogP contribution in [-0.4, -0.2) is 33.2 Å². The molecule has 0 aliphatic carbocycles. The van der Waals surface area contributed by atoms with Crippen LogP contribution in [0.2, 0.25) is 0 Å². The topological polar surface area (TPSA) is 134 Å². The summed E-state index contributed by atoms with van der Waals surface area (Å²) in [5.74, 6) is -1.18. The van der Waals surface area contributed by atoms with Crippen LogP contribution in [0.15, 0.2) is 28.7 Å². The molecule has 22 heavy (non-hydrogen) atoms. The highest BCUT2D eigenvalue weighted by Crippen LogP contribution is 2.23. The van der Waals surface area contributed by atoms with E-state index in [1.165, 1.54) is 24.3 Å². The van der Waals surface area contributed by atoms with Crippen molar-refractivity contribution in [3.63, 3.8) is 0 Å². The SMILES string of the molecule is O=C1CC(c2nnc(-c3ccc(C(=O)O)cc3)o2)NC(=O)N1. The summed E-state index contributed by atoms with van der Waals surface area (Å²) in [5, 5.41) is 21.1. The predicted molar refractivity (Wildman–Crippen MR) is 70.7 cm³/mol. The van der Waals surface area contributed by atoms with E-state index in [1.807, 2.05) is 0 Å². The summed E-state index contributed by atoms with van der Waals surface area (Å²) in [6, 6.07) is 4.60. The van der Waals surface area contributed by atoms with Gasteiger partial charge in [-0.15, -0.1) is 10.2 Å². The lowest BCUT2D eigenvalue weighted by molar-refractivity contribution is -0.121. The molecule has 1 unspecified atom stereocenters. The number of nitrogens with zero attached hydrogens (tertiary/aromatic N) is 2. The number of hydrogen-bond donors (Lipinski definition) is 3. The van der Waals surface area contributed by atoms with Gasteiger partial charge in [-0.3, -0.25) is 10.1 Å². The van der Waals surface area contributed by atoms with Gasteiger partial charge >= 0.3 is 12.0 Å². The van der Waals surface area contributed by atoms with Crippen LogP contribution in [0, 0.1) is 0 Å². The first-order valence-electron chi connectivity index (χ1n) is 6.30. The van der Waals surface area contributed by atoms with Crippen molar-refractivity contribution in [2.75, 3.05) is 0 Å². The largest absolute Gasteiger partial charge is 0.478 e. The van der Waals surface area contributed by atoms with Gasteiger partial charge in [-0.2, -0.15) is 0 Å². The summed E-state index contributed by atoms with van der Waals surface area (Å²) in [4.78, 5) is 33.4. The monoisotopic (exact) mass is 302 g/mol. The second-order valence-corrected chi connectivity index (χ2v) is 4.61. The maximum absolute atomic E-state index is 11.3. The Kier molecular flexibility index (Phi) is 3.30. The lowest BCUT2D eigenvalue weighted by Gasteiger charge is -2.19. The van der Waals surface area contributed by atoms with E-state index >= 15 is 0 Å². The number of nitrogens with one attached hydrogen (secondary N) is 2. The van der Waals surface area contributed by atoms with Crippen LogP contribution in [0.3, 0.4) is 0 Å². The molecule has 3 amide bonds. The molecule has 3 N–H and O–H groups in total. The van der Waals surface area contributed by atoms with Crippen LogP contribution in [0.25, 0.3) is 11.5 Å². The maximum atomic E-state index is 11.3. The van der Waals surface area contributed by atoms with Crippen molar-refractivity contribution in [3.05, 3.63) is 35.7 Å². The summed E-state index contributed by atoms with van der Waals surface area (Å²) in [6.07, 6.45) is 0.00528. The Balaban J connectivity index is 1.82. The average molecular weight is 302 g/mol. The van der Waals surface area contributed by atoms with Crippen molar-refractivity contribution in [3.8, 4) is 11.5 Å². The van der Waals surface area contributed by atoms with E-state index in [0.29, 0.717) is 5.56 Å². The van der Waals surface area contributed by atoms with Gasteiger partial charge in [-0.05, 0) is 24.3 Å².